The van der Waals surface area contributed by atoms with E-state index < -0.39 is 0 Å². The first-order valence-electron chi connectivity index (χ1n) is 10.8. The number of amides is 1. The van der Waals surface area contributed by atoms with Crippen molar-refractivity contribution in [2.24, 2.45) is 0 Å². The molecule has 2 aliphatic rings. The highest BCUT2D eigenvalue weighted by atomic mass is 19.1. The number of halogens is 1. The number of piperidine rings is 1. The summed E-state index contributed by atoms with van der Waals surface area (Å²) in [7, 11) is 1.57. The molecule has 1 fully saturated rings. The van der Waals surface area contributed by atoms with Crippen LogP contribution in [0.1, 0.15) is 37.8 Å². The maximum Gasteiger partial charge on any atom is 0.237 e. The number of H-pyrrole nitrogens is 1. The number of ether oxygens (including phenoxy) is 1. The van der Waals surface area contributed by atoms with Crippen molar-refractivity contribution in [3.63, 3.8) is 0 Å². The lowest BCUT2D eigenvalue weighted by Crippen LogP contribution is -2.51. The molecule has 5 rings (SSSR count). The summed E-state index contributed by atoms with van der Waals surface area (Å²) >= 11 is 0. The van der Waals surface area contributed by atoms with Crippen LogP contribution in [-0.4, -0.2) is 40.0 Å². The molecule has 2 aliphatic heterocycles. The lowest BCUT2D eigenvalue weighted by atomic mass is 9.84. The van der Waals surface area contributed by atoms with Gasteiger partial charge in [0.1, 0.15) is 23.6 Å². The number of fused-ring (bicyclic) bond motifs is 3. The molecule has 0 saturated carbocycles. The van der Waals surface area contributed by atoms with E-state index in [1.165, 1.54) is 12.1 Å². The second kappa shape index (κ2) is 8.12. The fourth-order valence-electron chi connectivity index (χ4n) is 5.10. The summed E-state index contributed by atoms with van der Waals surface area (Å²) in [5, 5.41) is 9.85. The van der Waals surface area contributed by atoms with Crippen molar-refractivity contribution in [3.8, 4) is 22.9 Å². The monoisotopic (exact) mass is 430 g/mol. The number of carbonyl (C=O) groups excluding carboxylic acids is 1. The number of aromatic amines is 1. The van der Waals surface area contributed by atoms with Gasteiger partial charge in [0.2, 0.25) is 5.91 Å². The molecule has 4 heterocycles. The maximum atomic E-state index is 14.0. The van der Waals surface area contributed by atoms with Crippen LogP contribution in [0.5, 0.6) is 5.75 Å². The highest BCUT2D eigenvalue weighted by Gasteiger charge is 2.37. The predicted octanol–water partition coefficient (Wildman–Crippen LogP) is 4.83. The molecule has 2 unspecified atom stereocenters. The Labute approximate surface area is 185 Å². The summed E-state index contributed by atoms with van der Waals surface area (Å²) in [5.41, 5.74) is 4.35. The third kappa shape index (κ3) is 3.42. The van der Waals surface area contributed by atoms with E-state index in [0.717, 1.165) is 53.5 Å². The Hall–Kier alpha value is -3.66. The van der Waals surface area contributed by atoms with E-state index in [1.807, 2.05) is 17.0 Å². The first-order chi connectivity index (χ1) is 15.6. The SMILES string of the molecule is COc1ccc(F)cc1-c1ccnc2[nH]c(C3=CC4CCCC(C3)N4C(=O)CC#N)cc12. The number of nitrogens with zero attached hydrogens (tertiary/aromatic N) is 3. The number of rotatable bonds is 4. The molecule has 32 heavy (non-hydrogen) atoms. The van der Waals surface area contributed by atoms with Crippen molar-refractivity contribution in [2.45, 2.75) is 44.2 Å². The number of benzene rings is 1. The highest BCUT2D eigenvalue weighted by Crippen LogP contribution is 2.40. The molecule has 0 spiro atoms. The normalized spacial score (nSPS) is 20.0. The zero-order valence-corrected chi connectivity index (χ0v) is 17.8. The van der Waals surface area contributed by atoms with E-state index in [1.54, 1.807) is 19.4 Å². The molecule has 0 radical (unpaired) electrons. The van der Waals surface area contributed by atoms with Crippen LogP contribution >= 0.6 is 0 Å². The van der Waals surface area contributed by atoms with E-state index in [9.17, 15) is 9.18 Å². The molecule has 1 N–H and O–H groups in total. The van der Waals surface area contributed by atoms with Gasteiger partial charge in [-0.25, -0.2) is 9.37 Å². The zero-order chi connectivity index (χ0) is 22.2. The second-order valence-electron chi connectivity index (χ2n) is 8.33. The van der Waals surface area contributed by atoms with Gasteiger partial charge in [-0.15, -0.1) is 0 Å². The quantitative estimate of drug-likeness (QED) is 0.643. The minimum absolute atomic E-state index is 0.0144. The number of aromatic nitrogens is 2. The van der Waals surface area contributed by atoms with Crippen molar-refractivity contribution in [1.29, 1.82) is 5.26 Å². The van der Waals surface area contributed by atoms with Crippen LogP contribution in [0.25, 0.3) is 27.7 Å². The zero-order valence-electron chi connectivity index (χ0n) is 17.8. The van der Waals surface area contributed by atoms with Crippen molar-refractivity contribution < 1.29 is 13.9 Å². The largest absolute Gasteiger partial charge is 0.496 e. The molecule has 6 nitrogen and oxygen atoms in total. The maximum absolute atomic E-state index is 14.0. The number of nitriles is 1. The van der Waals surface area contributed by atoms with Gasteiger partial charge in [-0.2, -0.15) is 5.26 Å². The number of pyridine rings is 1. The summed E-state index contributed by atoms with van der Waals surface area (Å²) in [6.07, 6.45) is 7.43. The van der Waals surface area contributed by atoms with Crippen LogP contribution in [0.15, 0.2) is 42.6 Å². The number of methoxy groups -OCH3 is 1. The van der Waals surface area contributed by atoms with Gasteiger partial charge in [0.15, 0.2) is 0 Å². The van der Waals surface area contributed by atoms with E-state index in [2.05, 4.69) is 22.1 Å². The third-order valence-corrected chi connectivity index (χ3v) is 6.48. The standard InChI is InChI=1S/C25H23FN4O2/c1-32-23-6-5-16(26)13-20(23)19-8-10-28-25-21(19)14-22(29-25)15-11-17-3-2-4-18(12-15)30(17)24(31)7-9-27/h5-6,8,10-11,13-14,17-18H,2-4,7,12H2,1H3,(H,28,29). The number of carbonyl (C=O) groups is 1. The molecule has 162 valence electrons. The molecule has 3 aromatic rings. The minimum Gasteiger partial charge on any atom is -0.496 e. The molecular weight excluding hydrogens is 407 g/mol. The van der Waals surface area contributed by atoms with Crippen LogP contribution < -0.4 is 4.74 Å². The van der Waals surface area contributed by atoms with Crippen molar-refractivity contribution in [3.05, 3.63) is 54.1 Å². The second-order valence-corrected chi connectivity index (χ2v) is 8.33. The fraction of sp³-hybridized carbons (Fsp3) is 0.320. The Balaban J connectivity index is 1.56. The van der Waals surface area contributed by atoms with Crippen molar-refractivity contribution in [1.82, 2.24) is 14.9 Å². The van der Waals surface area contributed by atoms with Crippen LogP contribution in [0, 0.1) is 17.1 Å². The lowest BCUT2D eigenvalue weighted by Gasteiger charge is -2.44. The Morgan fingerprint density at radius 2 is 2.19 bits per heavy atom. The smallest absolute Gasteiger partial charge is 0.237 e. The Morgan fingerprint density at radius 1 is 1.31 bits per heavy atom. The van der Waals surface area contributed by atoms with Crippen molar-refractivity contribution >= 4 is 22.5 Å². The summed E-state index contributed by atoms with van der Waals surface area (Å²) in [6, 6.07) is 10.5. The number of hydrogen-bond acceptors (Lipinski definition) is 4. The molecular formula is C25H23FN4O2. The van der Waals surface area contributed by atoms with Gasteiger partial charge < -0.3 is 14.6 Å². The summed E-state index contributed by atoms with van der Waals surface area (Å²) in [5.74, 6) is 0.183. The van der Waals surface area contributed by atoms with Crippen LogP contribution in [0.2, 0.25) is 0 Å². The van der Waals surface area contributed by atoms with Crippen LogP contribution in [0.4, 0.5) is 4.39 Å². The summed E-state index contributed by atoms with van der Waals surface area (Å²) in [6.45, 7) is 0. The summed E-state index contributed by atoms with van der Waals surface area (Å²) < 4.78 is 19.5. The molecule has 7 heteroatoms. The topological polar surface area (TPSA) is 82.0 Å². The van der Waals surface area contributed by atoms with Crippen LogP contribution in [-0.2, 0) is 4.79 Å². The van der Waals surface area contributed by atoms with Gasteiger partial charge >= 0.3 is 0 Å². The molecule has 1 saturated heterocycles. The lowest BCUT2D eigenvalue weighted by molar-refractivity contribution is -0.136. The summed E-state index contributed by atoms with van der Waals surface area (Å²) in [4.78, 5) is 22.3. The van der Waals surface area contributed by atoms with E-state index >= 15 is 0 Å². The Bertz CT molecular complexity index is 1270. The molecule has 2 bridgehead atoms. The minimum atomic E-state index is -0.327. The average molecular weight is 430 g/mol. The van der Waals surface area contributed by atoms with E-state index in [0.29, 0.717) is 11.3 Å². The molecule has 2 atom stereocenters. The van der Waals surface area contributed by atoms with Gasteiger partial charge in [0.05, 0.1) is 19.2 Å². The highest BCUT2D eigenvalue weighted by molar-refractivity contribution is 5.97. The van der Waals surface area contributed by atoms with Crippen LogP contribution in [0.3, 0.4) is 0 Å². The van der Waals surface area contributed by atoms with Gasteiger partial charge in [0.25, 0.3) is 0 Å². The molecule has 1 amide bonds. The van der Waals surface area contributed by atoms with E-state index in [-0.39, 0.29) is 30.2 Å². The van der Waals surface area contributed by atoms with Gasteiger partial charge in [0, 0.05) is 28.9 Å². The third-order valence-electron chi connectivity index (χ3n) is 6.48. The van der Waals surface area contributed by atoms with Gasteiger partial charge in [-0.05, 0) is 67.2 Å². The molecule has 1 aromatic carbocycles. The van der Waals surface area contributed by atoms with Gasteiger partial charge in [-0.1, -0.05) is 6.08 Å². The Morgan fingerprint density at radius 3 is 2.97 bits per heavy atom. The Kier molecular flexibility index (Phi) is 5.14. The number of nitrogens with one attached hydrogen (secondary N) is 1. The first kappa shape index (κ1) is 20.3. The predicted molar refractivity (Wildman–Crippen MR) is 119 cm³/mol. The number of hydrogen-bond donors (Lipinski definition) is 1. The molecule has 0 aliphatic carbocycles. The van der Waals surface area contributed by atoms with Crippen molar-refractivity contribution in [2.75, 3.05) is 7.11 Å². The average Bonchev–Trinajstić information content (AvgIpc) is 3.23. The van der Waals surface area contributed by atoms with E-state index in [4.69, 9.17) is 10.00 Å². The molecule has 2 aromatic heterocycles. The fourth-order valence-corrected chi connectivity index (χ4v) is 5.10. The first-order valence-corrected chi connectivity index (χ1v) is 10.8. The van der Waals surface area contributed by atoms with Gasteiger partial charge in [-0.3, -0.25) is 4.79 Å².